The summed E-state index contributed by atoms with van der Waals surface area (Å²) in [6, 6.07) is 21.3. The first-order chi connectivity index (χ1) is 15.3. The van der Waals surface area contributed by atoms with Gasteiger partial charge in [-0.1, -0.05) is 34.1 Å². The molecule has 32 heavy (non-hydrogen) atoms. The van der Waals surface area contributed by atoms with Crippen molar-refractivity contribution < 1.29 is 4.79 Å². The van der Waals surface area contributed by atoms with E-state index in [1.807, 2.05) is 60.7 Å². The van der Waals surface area contributed by atoms with E-state index in [0.29, 0.717) is 5.56 Å². The SMILES string of the molecule is CC1(C)CN(c2ccc(NC(=O)c3ccccc3Nc3cccc(Br)c3)cc2Br)CCN1. The first kappa shape index (κ1) is 22.8. The van der Waals surface area contributed by atoms with E-state index >= 15 is 0 Å². The average molecular weight is 558 g/mol. The van der Waals surface area contributed by atoms with Crippen LogP contribution in [0.1, 0.15) is 24.2 Å². The number of anilines is 4. The zero-order valence-corrected chi connectivity index (χ0v) is 21.3. The maximum Gasteiger partial charge on any atom is 0.257 e. The summed E-state index contributed by atoms with van der Waals surface area (Å²) in [5.41, 5.74) is 4.19. The summed E-state index contributed by atoms with van der Waals surface area (Å²) in [6.07, 6.45) is 0. The van der Waals surface area contributed by atoms with Crippen LogP contribution < -0.4 is 20.9 Å². The lowest BCUT2D eigenvalue weighted by Crippen LogP contribution is -2.57. The third-order valence-corrected chi connectivity index (χ3v) is 6.52. The molecule has 4 rings (SSSR count). The van der Waals surface area contributed by atoms with E-state index in [-0.39, 0.29) is 11.4 Å². The van der Waals surface area contributed by atoms with Gasteiger partial charge in [0.05, 0.1) is 16.9 Å². The first-order valence-corrected chi connectivity index (χ1v) is 12.1. The maximum absolute atomic E-state index is 13.1. The van der Waals surface area contributed by atoms with Crippen LogP contribution in [0.2, 0.25) is 0 Å². The van der Waals surface area contributed by atoms with Crippen molar-refractivity contribution in [3.8, 4) is 0 Å². The molecule has 1 saturated heterocycles. The Bertz CT molecular complexity index is 1130. The molecule has 1 amide bonds. The van der Waals surface area contributed by atoms with E-state index < -0.39 is 0 Å². The van der Waals surface area contributed by atoms with E-state index in [4.69, 9.17) is 0 Å². The van der Waals surface area contributed by atoms with Crippen LogP contribution in [0.3, 0.4) is 0 Å². The summed E-state index contributed by atoms with van der Waals surface area (Å²) in [7, 11) is 0. The van der Waals surface area contributed by atoms with Crippen molar-refractivity contribution in [1.82, 2.24) is 5.32 Å². The highest BCUT2D eigenvalue weighted by Crippen LogP contribution is 2.32. The number of carbonyl (C=O) groups excluding carboxylic acids is 1. The topological polar surface area (TPSA) is 56.4 Å². The highest BCUT2D eigenvalue weighted by molar-refractivity contribution is 9.10. The molecule has 1 aliphatic rings. The summed E-state index contributed by atoms with van der Waals surface area (Å²) in [6.45, 7) is 7.23. The Balaban J connectivity index is 1.50. The minimum absolute atomic E-state index is 0.0651. The number of hydrogen-bond donors (Lipinski definition) is 3. The smallest absolute Gasteiger partial charge is 0.257 e. The Morgan fingerprint density at radius 2 is 1.81 bits per heavy atom. The molecular formula is C25H26Br2N4O. The largest absolute Gasteiger partial charge is 0.368 e. The average Bonchev–Trinajstić information content (AvgIpc) is 2.73. The monoisotopic (exact) mass is 556 g/mol. The van der Waals surface area contributed by atoms with Crippen molar-refractivity contribution in [2.45, 2.75) is 19.4 Å². The summed E-state index contributed by atoms with van der Waals surface area (Å²) in [4.78, 5) is 15.4. The number of para-hydroxylation sites is 1. The van der Waals surface area contributed by atoms with Gasteiger partial charge in [0.15, 0.2) is 0 Å². The predicted molar refractivity (Wildman–Crippen MR) is 140 cm³/mol. The van der Waals surface area contributed by atoms with Crippen molar-refractivity contribution >= 4 is 60.5 Å². The van der Waals surface area contributed by atoms with E-state index in [9.17, 15) is 4.79 Å². The van der Waals surface area contributed by atoms with E-state index in [2.05, 4.69) is 72.6 Å². The van der Waals surface area contributed by atoms with Gasteiger partial charge < -0.3 is 20.9 Å². The lowest BCUT2D eigenvalue weighted by atomic mass is 10.0. The number of amides is 1. The minimum Gasteiger partial charge on any atom is -0.368 e. The zero-order chi connectivity index (χ0) is 22.7. The molecule has 5 nitrogen and oxygen atoms in total. The Morgan fingerprint density at radius 1 is 1.00 bits per heavy atom. The van der Waals surface area contributed by atoms with Gasteiger partial charge in [-0.3, -0.25) is 4.79 Å². The second-order valence-corrected chi connectivity index (χ2v) is 10.3. The van der Waals surface area contributed by atoms with Crippen LogP contribution in [0.5, 0.6) is 0 Å². The lowest BCUT2D eigenvalue weighted by Gasteiger charge is -2.40. The number of nitrogens with zero attached hydrogens (tertiary/aromatic N) is 1. The van der Waals surface area contributed by atoms with Gasteiger partial charge in [0, 0.05) is 45.5 Å². The Kier molecular flexibility index (Phi) is 6.88. The quantitative estimate of drug-likeness (QED) is 0.340. The van der Waals surface area contributed by atoms with E-state index in [0.717, 1.165) is 51.3 Å². The van der Waals surface area contributed by atoms with Gasteiger partial charge in [-0.15, -0.1) is 0 Å². The molecule has 7 heteroatoms. The van der Waals surface area contributed by atoms with Crippen LogP contribution in [0.4, 0.5) is 22.7 Å². The van der Waals surface area contributed by atoms with Crippen LogP contribution in [0.25, 0.3) is 0 Å². The van der Waals surface area contributed by atoms with Gasteiger partial charge in [0.1, 0.15) is 0 Å². The Hall–Kier alpha value is -2.35. The number of halogens is 2. The lowest BCUT2D eigenvalue weighted by molar-refractivity contribution is 0.102. The normalized spacial score (nSPS) is 15.3. The second kappa shape index (κ2) is 9.65. The molecule has 3 aromatic carbocycles. The van der Waals surface area contributed by atoms with Crippen LogP contribution in [-0.2, 0) is 0 Å². The molecule has 0 radical (unpaired) electrons. The fourth-order valence-electron chi connectivity index (χ4n) is 3.90. The van der Waals surface area contributed by atoms with Crippen LogP contribution in [0, 0.1) is 0 Å². The third-order valence-electron chi connectivity index (χ3n) is 5.39. The molecule has 1 aliphatic heterocycles. The summed E-state index contributed by atoms with van der Waals surface area (Å²) < 4.78 is 1.94. The number of benzene rings is 3. The van der Waals surface area contributed by atoms with Crippen LogP contribution in [0.15, 0.2) is 75.7 Å². The molecule has 0 aliphatic carbocycles. The summed E-state index contributed by atoms with van der Waals surface area (Å²) >= 11 is 7.19. The highest BCUT2D eigenvalue weighted by atomic mass is 79.9. The van der Waals surface area contributed by atoms with Gasteiger partial charge >= 0.3 is 0 Å². The van der Waals surface area contributed by atoms with Crippen molar-refractivity contribution in [3.05, 3.63) is 81.2 Å². The summed E-state index contributed by atoms with van der Waals surface area (Å²) in [5, 5.41) is 9.91. The van der Waals surface area contributed by atoms with Gasteiger partial charge in [-0.05, 0) is 78.3 Å². The summed E-state index contributed by atoms with van der Waals surface area (Å²) in [5.74, 6) is -0.161. The molecular weight excluding hydrogens is 532 g/mol. The number of hydrogen-bond acceptors (Lipinski definition) is 4. The number of piperazine rings is 1. The van der Waals surface area contributed by atoms with Crippen molar-refractivity contribution in [2.24, 2.45) is 0 Å². The van der Waals surface area contributed by atoms with E-state index in [1.165, 1.54) is 0 Å². The molecule has 3 aromatic rings. The van der Waals surface area contributed by atoms with Crippen LogP contribution in [-0.4, -0.2) is 31.1 Å². The van der Waals surface area contributed by atoms with Crippen molar-refractivity contribution in [2.75, 3.05) is 35.2 Å². The third kappa shape index (κ3) is 5.52. The van der Waals surface area contributed by atoms with Gasteiger partial charge in [-0.25, -0.2) is 0 Å². The molecule has 1 fully saturated rings. The molecule has 0 unspecified atom stereocenters. The molecule has 0 aromatic heterocycles. The van der Waals surface area contributed by atoms with Gasteiger partial charge in [0.25, 0.3) is 5.91 Å². The predicted octanol–water partition coefficient (Wildman–Crippen LogP) is 6.40. The Labute approximate surface area is 205 Å². The highest BCUT2D eigenvalue weighted by Gasteiger charge is 2.26. The molecule has 0 saturated carbocycles. The fraction of sp³-hybridized carbons (Fsp3) is 0.240. The molecule has 1 heterocycles. The molecule has 0 spiro atoms. The molecule has 3 N–H and O–H groups in total. The molecule has 0 bridgehead atoms. The molecule has 166 valence electrons. The maximum atomic E-state index is 13.1. The zero-order valence-electron chi connectivity index (χ0n) is 18.1. The first-order valence-electron chi connectivity index (χ1n) is 10.5. The van der Waals surface area contributed by atoms with Crippen molar-refractivity contribution in [1.29, 1.82) is 0 Å². The molecule has 0 atom stereocenters. The Morgan fingerprint density at radius 3 is 2.56 bits per heavy atom. The number of carbonyl (C=O) groups is 1. The van der Waals surface area contributed by atoms with Gasteiger partial charge in [0.2, 0.25) is 0 Å². The van der Waals surface area contributed by atoms with Crippen molar-refractivity contribution in [3.63, 3.8) is 0 Å². The fourth-order valence-corrected chi connectivity index (χ4v) is 4.93. The van der Waals surface area contributed by atoms with Gasteiger partial charge in [-0.2, -0.15) is 0 Å². The number of rotatable bonds is 5. The number of nitrogens with one attached hydrogen (secondary N) is 3. The van der Waals surface area contributed by atoms with E-state index in [1.54, 1.807) is 0 Å². The van der Waals surface area contributed by atoms with Crippen LogP contribution >= 0.6 is 31.9 Å². The minimum atomic E-state index is -0.161. The standard InChI is InChI=1S/C25H26Br2N4O/c1-25(2)16-31(13-12-28-25)23-11-10-19(15-21(23)27)30-24(32)20-8-3-4-9-22(20)29-18-7-5-6-17(26)14-18/h3-11,14-15,28-29H,12-13,16H2,1-2H3,(H,30,32). The second-order valence-electron chi connectivity index (χ2n) is 8.53.